The smallest absolute Gasteiger partial charge is 0.0782 e. The molecule has 0 aliphatic rings. The van der Waals surface area contributed by atoms with Crippen LogP contribution >= 0.6 is 22.6 Å². The van der Waals surface area contributed by atoms with Gasteiger partial charge in [0, 0.05) is 45.7 Å². The molecular weight excluding hydrogens is 349 g/mol. The molecule has 0 aliphatic carbocycles. The van der Waals surface area contributed by atoms with Crippen molar-refractivity contribution in [2.45, 2.75) is 0 Å². The molecule has 0 aliphatic heterocycles. The van der Waals surface area contributed by atoms with Crippen LogP contribution in [0, 0.1) is 3.57 Å². The maximum atomic E-state index is 4.57. The van der Waals surface area contributed by atoms with Crippen LogP contribution in [0.15, 0.2) is 61.3 Å². The third-order valence-corrected chi connectivity index (χ3v) is 3.39. The number of aromatic nitrogens is 3. The van der Waals surface area contributed by atoms with Crippen LogP contribution in [0.25, 0.3) is 22.4 Å². The van der Waals surface area contributed by atoms with Gasteiger partial charge in [-0.3, -0.25) is 15.0 Å². The zero-order chi connectivity index (χ0) is 13.1. The van der Waals surface area contributed by atoms with Crippen molar-refractivity contribution in [3.63, 3.8) is 0 Å². The highest BCUT2D eigenvalue weighted by atomic mass is 127. The first-order valence-electron chi connectivity index (χ1n) is 5.81. The van der Waals surface area contributed by atoms with Crippen molar-refractivity contribution in [2.24, 2.45) is 0 Å². The zero-order valence-electron chi connectivity index (χ0n) is 9.99. The molecule has 0 fully saturated rings. The van der Waals surface area contributed by atoms with Crippen molar-refractivity contribution in [1.29, 1.82) is 0 Å². The number of hydrogen-bond donors (Lipinski definition) is 0. The van der Waals surface area contributed by atoms with Gasteiger partial charge < -0.3 is 0 Å². The third-order valence-electron chi connectivity index (χ3n) is 2.80. The molecule has 0 saturated carbocycles. The number of nitrogens with zero attached hydrogens (tertiary/aromatic N) is 3. The zero-order valence-corrected chi connectivity index (χ0v) is 12.2. The minimum Gasteiger partial charge on any atom is -0.265 e. The van der Waals surface area contributed by atoms with Crippen LogP contribution in [-0.4, -0.2) is 15.0 Å². The summed E-state index contributed by atoms with van der Waals surface area (Å²) in [6.07, 6.45) is 9.04. The Morgan fingerprint density at radius 3 is 2.00 bits per heavy atom. The van der Waals surface area contributed by atoms with Crippen LogP contribution in [0.3, 0.4) is 0 Å². The molecule has 0 amide bonds. The van der Waals surface area contributed by atoms with E-state index in [2.05, 4.69) is 43.6 Å². The van der Waals surface area contributed by atoms with E-state index in [0.29, 0.717) is 0 Å². The van der Waals surface area contributed by atoms with Crippen molar-refractivity contribution in [3.05, 3.63) is 64.9 Å². The maximum Gasteiger partial charge on any atom is 0.0782 e. The fourth-order valence-corrected chi connectivity index (χ4v) is 2.38. The van der Waals surface area contributed by atoms with E-state index in [1.54, 1.807) is 24.8 Å². The first-order valence-corrected chi connectivity index (χ1v) is 6.89. The number of hydrogen-bond acceptors (Lipinski definition) is 3. The van der Waals surface area contributed by atoms with Gasteiger partial charge in [-0.05, 0) is 58.5 Å². The van der Waals surface area contributed by atoms with Gasteiger partial charge in [0.15, 0.2) is 0 Å². The average molecular weight is 359 g/mol. The number of pyridine rings is 3. The predicted molar refractivity (Wildman–Crippen MR) is 83.4 cm³/mol. The summed E-state index contributed by atoms with van der Waals surface area (Å²) in [5.74, 6) is 0. The van der Waals surface area contributed by atoms with E-state index < -0.39 is 0 Å². The summed E-state index contributed by atoms with van der Waals surface area (Å²) in [7, 11) is 0. The van der Waals surface area contributed by atoms with E-state index in [4.69, 9.17) is 0 Å². The van der Waals surface area contributed by atoms with Gasteiger partial charge in [0.05, 0.1) is 5.69 Å². The van der Waals surface area contributed by atoms with E-state index in [-0.39, 0.29) is 0 Å². The van der Waals surface area contributed by atoms with E-state index in [1.807, 2.05) is 30.5 Å². The molecule has 4 heteroatoms. The second-order valence-corrected chi connectivity index (χ2v) is 5.27. The lowest BCUT2D eigenvalue weighted by Crippen LogP contribution is -1.91. The Labute approximate surface area is 124 Å². The largest absolute Gasteiger partial charge is 0.265 e. The Bertz CT molecular complexity index is 684. The Hall–Kier alpha value is -1.82. The summed E-state index contributed by atoms with van der Waals surface area (Å²) in [5.41, 5.74) is 4.26. The maximum absolute atomic E-state index is 4.57. The lowest BCUT2D eigenvalue weighted by Gasteiger charge is -2.09. The van der Waals surface area contributed by atoms with Crippen LogP contribution < -0.4 is 0 Å². The summed E-state index contributed by atoms with van der Waals surface area (Å²) >= 11 is 2.28. The van der Waals surface area contributed by atoms with Crippen LogP contribution in [0.4, 0.5) is 0 Å². The fourth-order valence-electron chi connectivity index (χ4n) is 1.93. The summed E-state index contributed by atoms with van der Waals surface area (Å²) in [5, 5.41) is 0. The van der Waals surface area contributed by atoms with E-state index in [9.17, 15) is 0 Å². The van der Waals surface area contributed by atoms with Crippen LogP contribution in [0.5, 0.6) is 0 Å². The Morgan fingerprint density at radius 1 is 0.789 bits per heavy atom. The molecule has 3 aromatic heterocycles. The molecule has 0 saturated heterocycles. The molecule has 3 heterocycles. The normalized spacial score (nSPS) is 10.4. The van der Waals surface area contributed by atoms with Gasteiger partial charge in [0.2, 0.25) is 0 Å². The number of rotatable bonds is 2. The van der Waals surface area contributed by atoms with Gasteiger partial charge in [0.25, 0.3) is 0 Å². The van der Waals surface area contributed by atoms with Gasteiger partial charge in [-0.2, -0.15) is 0 Å². The SMILES string of the molecule is Ic1cnc(-c2ccncc2)c(-c2ccncc2)c1. The molecule has 92 valence electrons. The molecular formula is C15H10IN3. The Morgan fingerprint density at radius 2 is 1.37 bits per heavy atom. The highest BCUT2D eigenvalue weighted by molar-refractivity contribution is 14.1. The van der Waals surface area contributed by atoms with Crippen molar-refractivity contribution >= 4 is 22.6 Å². The monoisotopic (exact) mass is 359 g/mol. The molecule has 0 N–H and O–H groups in total. The molecule has 0 radical (unpaired) electrons. The second kappa shape index (κ2) is 5.44. The van der Waals surface area contributed by atoms with Crippen molar-refractivity contribution in [1.82, 2.24) is 15.0 Å². The minimum absolute atomic E-state index is 0.967. The van der Waals surface area contributed by atoms with E-state index in [0.717, 1.165) is 26.0 Å². The van der Waals surface area contributed by atoms with Crippen molar-refractivity contribution in [2.75, 3.05) is 0 Å². The minimum atomic E-state index is 0.967. The van der Waals surface area contributed by atoms with Gasteiger partial charge in [-0.1, -0.05) is 0 Å². The van der Waals surface area contributed by atoms with Gasteiger partial charge in [-0.25, -0.2) is 0 Å². The molecule has 0 unspecified atom stereocenters. The molecule has 0 spiro atoms. The first-order chi connectivity index (χ1) is 9.34. The number of halogens is 1. The predicted octanol–water partition coefficient (Wildman–Crippen LogP) is 3.81. The van der Waals surface area contributed by atoms with Crippen molar-refractivity contribution < 1.29 is 0 Å². The molecule has 3 nitrogen and oxygen atoms in total. The summed E-state index contributed by atoms with van der Waals surface area (Å²) in [6, 6.07) is 10.1. The lowest BCUT2D eigenvalue weighted by molar-refractivity contribution is 1.27. The first kappa shape index (κ1) is 12.2. The topological polar surface area (TPSA) is 38.7 Å². The highest BCUT2D eigenvalue weighted by Crippen LogP contribution is 2.30. The van der Waals surface area contributed by atoms with Gasteiger partial charge in [-0.15, -0.1) is 0 Å². The Kier molecular flexibility index (Phi) is 3.50. The summed E-state index contributed by atoms with van der Waals surface area (Å²) < 4.78 is 1.11. The fraction of sp³-hybridized carbons (Fsp3) is 0. The lowest BCUT2D eigenvalue weighted by atomic mass is 10.0. The van der Waals surface area contributed by atoms with Crippen molar-refractivity contribution in [3.8, 4) is 22.4 Å². The molecule has 0 bridgehead atoms. The molecule has 3 rings (SSSR count). The molecule has 0 aromatic carbocycles. The second-order valence-electron chi connectivity index (χ2n) is 4.02. The van der Waals surface area contributed by atoms with Crippen LogP contribution in [-0.2, 0) is 0 Å². The van der Waals surface area contributed by atoms with E-state index >= 15 is 0 Å². The quantitative estimate of drug-likeness (QED) is 0.654. The molecule has 0 atom stereocenters. The van der Waals surface area contributed by atoms with Crippen LogP contribution in [0.2, 0.25) is 0 Å². The molecule has 3 aromatic rings. The standard InChI is InChI=1S/C15H10IN3/c16-13-9-14(11-1-5-17-6-2-11)15(19-10-13)12-3-7-18-8-4-12/h1-10H. The Balaban J connectivity index is 2.21. The highest BCUT2D eigenvalue weighted by Gasteiger charge is 2.09. The van der Waals surface area contributed by atoms with Crippen LogP contribution in [0.1, 0.15) is 0 Å². The van der Waals surface area contributed by atoms with Gasteiger partial charge in [0.1, 0.15) is 0 Å². The molecule has 19 heavy (non-hydrogen) atoms. The summed E-state index contributed by atoms with van der Waals surface area (Å²) in [6.45, 7) is 0. The average Bonchev–Trinajstić information content (AvgIpc) is 2.49. The van der Waals surface area contributed by atoms with E-state index in [1.165, 1.54) is 0 Å². The third kappa shape index (κ3) is 2.63. The van der Waals surface area contributed by atoms with Gasteiger partial charge >= 0.3 is 0 Å². The summed E-state index contributed by atoms with van der Waals surface area (Å²) in [4.78, 5) is 12.7.